The third kappa shape index (κ3) is 8.30. The van der Waals surface area contributed by atoms with Gasteiger partial charge in [-0.15, -0.1) is 0 Å². The van der Waals surface area contributed by atoms with Crippen LogP contribution in [0.1, 0.15) is 80.9 Å². The highest BCUT2D eigenvalue weighted by atomic mass is 35.5. The molecule has 3 N–H and O–H groups in total. The normalized spacial score (nSPS) is 20.8. The second kappa shape index (κ2) is 15.2. The topological polar surface area (TPSA) is 99.0 Å². The number of hydrogen-bond acceptors (Lipinski definition) is 4. The van der Waals surface area contributed by atoms with Crippen LogP contribution in [-0.2, 0) is 28.6 Å². The maximum absolute atomic E-state index is 14.1. The number of likely N-dealkylation sites (tertiary alicyclic amines) is 2. The van der Waals surface area contributed by atoms with Gasteiger partial charge in [0, 0.05) is 50.9 Å². The first-order valence-electron chi connectivity index (χ1n) is 17.8. The first-order chi connectivity index (χ1) is 23.5. The van der Waals surface area contributed by atoms with Crippen molar-refractivity contribution in [2.75, 3.05) is 43.8 Å². The van der Waals surface area contributed by atoms with Crippen LogP contribution in [0.25, 0.3) is 0 Å². The summed E-state index contributed by atoms with van der Waals surface area (Å²) in [4.78, 5) is 46.3. The molecule has 6 rings (SSSR count). The van der Waals surface area contributed by atoms with Crippen molar-refractivity contribution in [3.05, 3.63) is 58.1 Å². The van der Waals surface area contributed by atoms with E-state index in [4.69, 9.17) is 17.3 Å². The zero-order valence-corrected chi connectivity index (χ0v) is 28.7. The number of nitrogens with zero attached hydrogens (tertiary/aromatic N) is 3. The summed E-state index contributed by atoms with van der Waals surface area (Å²) in [6.45, 7) is 2.63. The van der Waals surface area contributed by atoms with Gasteiger partial charge in [0.05, 0.1) is 22.2 Å². The van der Waals surface area contributed by atoms with Crippen LogP contribution < -0.4 is 11.1 Å². The number of nitrogen functional groups attached to an aromatic ring is 1. The lowest BCUT2D eigenvalue weighted by atomic mass is 9.75. The van der Waals surface area contributed by atoms with E-state index in [1.807, 2.05) is 34.1 Å². The molecule has 1 saturated carbocycles. The number of nitrogens with two attached hydrogens (primary N) is 1. The Kier molecular flexibility index (Phi) is 11.0. The minimum atomic E-state index is -4.71. The summed E-state index contributed by atoms with van der Waals surface area (Å²) in [6.07, 6.45) is 5.16. The molecule has 4 amide bonds. The number of amides is 4. The molecule has 2 aromatic rings. The zero-order valence-electron chi connectivity index (χ0n) is 27.9. The number of carbonyl (C=O) groups is 3. The van der Waals surface area contributed by atoms with Crippen molar-refractivity contribution in [1.82, 2.24) is 14.7 Å². The van der Waals surface area contributed by atoms with Crippen LogP contribution in [0, 0.1) is 17.8 Å². The molecule has 0 aromatic heterocycles. The summed E-state index contributed by atoms with van der Waals surface area (Å²) in [5.74, 6) is 0.0232. The summed E-state index contributed by atoms with van der Waals surface area (Å²) in [6, 6.07) is 9.93. The fourth-order valence-corrected chi connectivity index (χ4v) is 8.76. The third-order valence-electron chi connectivity index (χ3n) is 11.3. The molecular formula is C37H47ClF3N5O3. The van der Waals surface area contributed by atoms with E-state index >= 15 is 0 Å². The number of piperidine rings is 2. The Morgan fingerprint density at radius 1 is 0.898 bits per heavy atom. The Bertz CT molecular complexity index is 1520. The van der Waals surface area contributed by atoms with Crippen molar-refractivity contribution < 1.29 is 27.6 Å². The van der Waals surface area contributed by atoms with E-state index in [1.54, 1.807) is 4.90 Å². The number of benzene rings is 2. The molecule has 2 saturated heterocycles. The quantitative estimate of drug-likeness (QED) is 0.294. The van der Waals surface area contributed by atoms with Gasteiger partial charge in [-0.3, -0.25) is 9.59 Å². The van der Waals surface area contributed by atoms with E-state index in [0.717, 1.165) is 36.6 Å². The largest absolute Gasteiger partial charge is 0.418 e. The molecule has 4 aliphatic rings. The minimum absolute atomic E-state index is 0.0287. The van der Waals surface area contributed by atoms with Gasteiger partial charge in [0.1, 0.15) is 0 Å². The highest BCUT2D eigenvalue weighted by Gasteiger charge is 2.38. The fourth-order valence-electron chi connectivity index (χ4n) is 8.52. The van der Waals surface area contributed by atoms with Gasteiger partial charge in [0.15, 0.2) is 0 Å². The Balaban J connectivity index is 1.12. The second-order valence-electron chi connectivity index (χ2n) is 14.3. The molecule has 8 nitrogen and oxygen atoms in total. The van der Waals surface area contributed by atoms with Crippen molar-refractivity contribution in [1.29, 1.82) is 0 Å². The molecule has 49 heavy (non-hydrogen) atoms. The molecule has 3 fully saturated rings. The number of para-hydroxylation sites is 1. The number of nitrogens with one attached hydrogen (secondary N) is 1. The number of carbonyl (C=O) groups excluding carboxylic acids is 3. The van der Waals surface area contributed by atoms with Gasteiger partial charge in [0.2, 0.25) is 11.8 Å². The van der Waals surface area contributed by atoms with E-state index < -0.39 is 23.3 Å². The Morgan fingerprint density at radius 3 is 2.24 bits per heavy atom. The standard InChI is InChI=1S/C37H47ClF3N5O3/c38-31-22-24(21-30(34(31)42)37(39,40)41)20-28(35(48)45-15-10-26(11-16-45)25-6-2-1-3-7-25)23-33(47)44-17-13-29(14-18-44)46-19-12-27-8-4-5-9-32(27)43-36(46)49/h4-5,8-9,21-22,25-26,28-29H,1-3,6-7,10-20,23,42H2,(H,43,49)/t28-/m0/s1. The van der Waals surface area contributed by atoms with Crippen molar-refractivity contribution in [2.24, 2.45) is 17.8 Å². The van der Waals surface area contributed by atoms with Crippen molar-refractivity contribution in [3.63, 3.8) is 0 Å². The molecule has 3 heterocycles. The first kappa shape index (κ1) is 35.4. The van der Waals surface area contributed by atoms with E-state index in [-0.39, 0.29) is 47.3 Å². The van der Waals surface area contributed by atoms with Crippen LogP contribution in [-0.4, -0.2) is 71.3 Å². The third-order valence-corrected chi connectivity index (χ3v) is 11.6. The molecule has 2 aromatic carbocycles. The van der Waals surface area contributed by atoms with Crippen LogP contribution in [0.2, 0.25) is 5.02 Å². The van der Waals surface area contributed by atoms with E-state index in [0.29, 0.717) is 57.4 Å². The highest BCUT2D eigenvalue weighted by Crippen LogP contribution is 2.39. The van der Waals surface area contributed by atoms with Crippen LogP contribution in [0.3, 0.4) is 0 Å². The van der Waals surface area contributed by atoms with Crippen molar-refractivity contribution in [3.8, 4) is 0 Å². The van der Waals surface area contributed by atoms with Crippen molar-refractivity contribution in [2.45, 2.75) is 89.3 Å². The van der Waals surface area contributed by atoms with Gasteiger partial charge in [-0.2, -0.15) is 13.2 Å². The molecule has 266 valence electrons. The van der Waals surface area contributed by atoms with Gasteiger partial charge >= 0.3 is 12.2 Å². The molecule has 0 radical (unpaired) electrons. The highest BCUT2D eigenvalue weighted by molar-refractivity contribution is 6.33. The summed E-state index contributed by atoms with van der Waals surface area (Å²) in [7, 11) is 0. The average molecular weight is 702 g/mol. The molecule has 1 aliphatic carbocycles. The van der Waals surface area contributed by atoms with E-state index in [2.05, 4.69) is 5.32 Å². The first-order valence-corrected chi connectivity index (χ1v) is 18.2. The molecule has 0 bridgehead atoms. The van der Waals surface area contributed by atoms with Crippen molar-refractivity contribution >= 4 is 40.8 Å². The lowest BCUT2D eigenvalue weighted by molar-refractivity contribution is -0.143. The summed E-state index contributed by atoms with van der Waals surface area (Å²) < 4.78 is 41.5. The molecule has 12 heteroatoms. The number of halogens is 4. The second-order valence-corrected chi connectivity index (χ2v) is 14.8. The number of rotatable bonds is 7. The van der Waals surface area contributed by atoms with Gasteiger partial charge in [-0.25, -0.2) is 4.79 Å². The maximum atomic E-state index is 14.1. The molecule has 3 aliphatic heterocycles. The lowest BCUT2D eigenvalue weighted by Gasteiger charge is -2.40. The Morgan fingerprint density at radius 2 is 1.55 bits per heavy atom. The summed E-state index contributed by atoms with van der Waals surface area (Å²) in [5.41, 5.74) is 6.23. The number of fused-ring (bicyclic) bond motifs is 1. The zero-order chi connectivity index (χ0) is 34.7. The molecular weight excluding hydrogens is 655 g/mol. The van der Waals surface area contributed by atoms with Gasteiger partial charge in [0.25, 0.3) is 0 Å². The smallest absolute Gasteiger partial charge is 0.397 e. The fraction of sp³-hybridized carbons (Fsp3) is 0.595. The van der Waals surface area contributed by atoms with Gasteiger partial charge < -0.3 is 25.8 Å². The maximum Gasteiger partial charge on any atom is 0.418 e. The number of alkyl halides is 3. The van der Waals surface area contributed by atoms with Crippen LogP contribution in [0.15, 0.2) is 36.4 Å². The minimum Gasteiger partial charge on any atom is -0.397 e. The monoisotopic (exact) mass is 701 g/mol. The van der Waals surface area contributed by atoms with E-state index in [9.17, 15) is 27.6 Å². The van der Waals surface area contributed by atoms with Crippen LogP contribution >= 0.6 is 11.6 Å². The number of hydrogen-bond donors (Lipinski definition) is 2. The molecule has 1 atom stereocenters. The lowest BCUT2D eigenvalue weighted by Crippen LogP contribution is -2.50. The predicted octanol–water partition coefficient (Wildman–Crippen LogP) is 7.39. The summed E-state index contributed by atoms with van der Waals surface area (Å²) in [5, 5.41) is 2.79. The molecule has 0 unspecified atom stereocenters. The van der Waals surface area contributed by atoms with Gasteiger partial charge in [-0.1, -0.05) is 61.9 Å². The number of anilines is 2. The van der Waals surface area contributed by atoms with Gasteiger partial charge in [-0.05, 0) is 79.7 Å². The Hall–Kier alpha value is -3.47. The van der Waals surface area contributed by atoms with Crippen LogP contribution in [0.5, 0.6) is 0 Å². The molecule has 0 spiro atoms. The van der Waals surface area contributed by atoms with E-state index in [1.165, 1.54) is 38.2 Å². The van der Waals surface area contributed by atoms with Crippen LogP contribution in [0.4, 0.5) is 29.3 Å². The summed E-state index contributed by atoms with van der Waals surface area (Å²) >= 11 is 6.15. The number of urea groups is 1. The average Bonchev–Trinajstić information content (AvgIpc) is 3.27. The SMILES string of the molecule is Nc1c(Cl)cc(C[C@@H](CC(=O)N2CCC(N3CCc4ccccc4NC3=O)CC2)C(=O)N2CCC(C3CCCCC3)CC2)cc1C(F)(F)F. The Labute approximate surface area is 291 Å². The predicted molar refractivity (Wildman–Crippen MR) is 184 cm³/mol.